The average molecular weight is 272 g/mol. The molecule has 0 radical (unpaired) electrons. The molecule has 0 atom stereocenters. The molecule has 20 heavy (non-hydrogen) atoms. The minimum atomic E-state index is -0.310. The maximum absolute atomic E-state index is 11.5. The molecule has 0 spiro atoms. The summed E-state index contributed by atoms with van der Waals surface area (Å²) in [4.78, 5) is 19.5. The number of hydrogen-bond acceptors (Lipinski definition) is 3. The largest absolute Gasteiger partial charge is 0.465 e. The Balaban J connectivity index is 1.81. The van der Waals surface area contributed by atoms with Crippen molar-refractivity contribution in [1.29, 1.82) is 0 Å². The third-order valence-corrected chi connectivity index (χ3v) is 4.16. The molecule has 4 nitrogen and oxygen atoms in total. The van der Waals surface area contributed by atoms with Crippen LogP contribution in [0.5, 0.6) is 0 Å². The van der Waals surface area contributed by atoms with Crippen molar-refractivity contribution in [3.63, 3.8) is 0 Å². The van der Waals surface area contributed by atoms with Gasteiger partial charge in [-0.25, -0.2) is 9.78 Å². The van der Waals surface area contributed by atoms with Crippen LogP contribution in [0, 0.1) is 5.92 Å². The minimum absolute atomic E-state index is 0.310. The first kappa shape index (κ1) is 13.2. The standard InChI is InChI=1S/C16H20N2O2/c1-20-16(19)12-7-8-13-14(10-12)18-15(17-13)9-11-5-3-2-4-6-11/h7-8,10-11H,2-6,9H2,1H3,(H,17,18). The SMILES string of the molecule is COC(=O)c1ccc2nc(CC3CCCCC3)[nH]c2c1. The van der Waals surface area contributed by atoms with E-state index < -0.39 is 0 Å². The van der Waals surface area contributed by atoms with Gasteiger partial charge in [0.25, 0.3) is 0 Å². The summed E-state index contributed by atoms with van der Waals surface area (Å²) in [6.07, 6.45) is 7.70. The number of benzene rings is 1. The molecule has 0 aliphatic heterocycles. The van der Waals surface area contributed by atoms with E-state index in [2.05, 4.69) is 9.97 Å². The number of imidazole rings is 1. The molecule has 0 bridgehead atoms. The number of fused-ring (bicyclic) bond motifs is 1. The number of hydrogen-bond donors (Lipinski definition) is 1. The second-order valence-corrected chi connectivity index (χ2v) is 5.62. The van der Waals surface area contributed by atoms with E-state index in [1.54, 1.807) is 6.07 Å². The predicted molar refractivity (Wildman–Crippen MR) is 77.7 cm³/mol. The van der Waals surface area contributed by atoms with Crippen LogP contribution >= 0.6 is 0 Å². The Labute approximate surface area is 118 Å². The third-order valence-electron chi connectivity index (χ3n) is 4.16. The van der Waals surface area contributed by atoms with Crippen LogP contribution < -0.4 is 0 Å². The molecule has 1 aromatic heterocycles. The molecule has 106 valence electrons. The normalized spacial score (nSPS) is 16.4. The zero-order chi connectivity index (χ0) is 13.9. The van der Waals surface area contributed by atoms with Gasteiger partial charge in [-0.1, -0.05) is 32.1 Å². The van der Waals surface area contributed by atoms with E-state index in [1.807, 2.05) is 12.1 Å². The van der Waals surface area contributed by atoms with E-state index in [1.165, 1.54) is 39.2 Å². The molecule has 1 heterocycles. The second kappa shape index (κ2) is 5.65. The van der Waals surface area contributed by atoms with Crippen molar-refractivity contribution in [1.82, 2.24) is 9.97 Å². The number of carbonyl (C=O) groups is 1. The van der Waals surface area contributed by atoms with Gasteiger partial charge in [-0.05, 0) is 24.1 Å². The van der Waals surface area contributed by atoms with Gasteiger partial charge in [0.1, 0.15) is 5.82 Å². The fourth-order valence-corrected chi connectivity index (χ4v) is 3.07. The number of aromatic amines is 1. The van der Waals surface area contributed by atoms with Crippen LogP contribution in [0.4, 0.5) is 0 Å². The fourth-order valence-electron chi connectivity index (χ4n) is 3.07. The van der Waals surface area contributed by atoms with Crippen molar-refractivity contribution < 1.29 is 9.53 Å². The molecule has 1 aromatic carbocycles. The zero-order valence-corrected chi connectivity index (χ0v) is 11.8. The van der Waals surface area contributed by atoms with Crippen LogP contribution in [0.15, 0.2) is 18.2 Å². The predicted octanol–water partition coefficient (Wildman–Crippen LogP) is 3.47. The van der Waals surface area contributed by atoms with Gasteiger partial charge < -0.3 is 9.72 Å². The Kier molecular flexibility index (Phi) is 3.72. The van der Waals surface area contributed by atoms with Gasteiger partial charge in [-0.2, -0.15) is 0 Å². The number of methoxy groups -OCH3 is 1. The lowest BCUT2D eigenvalue weighted by Crippen LogP contribution is -2.10. The summed E-state index contributed by atoms with van der Waals surface area (Å²) in [6, 6.07) is 5.46. The second-order valence-electron chi connectivity index (χ2n) is 5.62. The smallest absolute Gasteiger partial charge is 0.337 e. The maximum Gasteiger partial charge on any atom is 0.337 e. The van der Waals surface area contributed by atoms with Crippen molar-refractivity contribution >= 4 is 17.0 Å². The molecular weight excluding hydrogens is 252 g/mol. The summed E-state index contributed by atoms with van der Waals surface area (Å²) in [5.74, 6) is 1.48. The molecule has 1 fully saturated rings. The monoisotopic (exact) mass is 272 g/mol. The first-order chi connectivity index (χ1) is 9.76. The van der Waals surface area contributed by atoms with E-state index in [4.69, 9.17) is 4.74 Å². The topological polar surface area (TPSA) is 55.0 Å². The first-order valence-corrected chi connectivity index (χ1v) is 7.33. The number of rotatable bonds is 3. The van der Waals surface area contributed by atoms with Crippen molar-refractivity contribution in [3.05, 3.63) is 29.6 Å². The molecule has 2 aromatic rings. The molecule has 0 saturated heterocycles. The van der Waals surface area contributed by atoms with Gasteiger partial charge in [0.2, 0.25) is 0 Å². The zero-order valence-electron chi connectivity index (χ0n) is 11.8. The van der Waals surface area contributed by atoms with Gasteiger partial charge in [0.05, 0.1) is 23.7 Å². The summed E-state index contributed by atoms with van der Waals surface area (Å²) < 4.78 is 4.74. The van der Waals surface area contributed by atoms with E-state index in [-0.39, 0.29) is 5.97 Å². The highest BCUT2D eigenvalue weighted by Gasteiger charge is 2.16. The summed E-state index contributed by atoms with van der Waals surface area (Å²) in [6.45, 7) is 0. The molecular formula is C16H20N2O2. The number of ether oxygens (including phenoxy) is 1. The highest BCUT2D eigenvalue weighted by molar-refractivity contribution is 5.93. The lowest BCUT2D eigenvalue weighted by atomic mass is 9.87. The van der Waals surface area contributed by atoms with E-state index in [0.29, 0.717) is 5.56 Å². The number of nitrogens with zero attached hydrogens (tertiary/aromatic N) is 1. The van der Waals surface area contributed by atoms with Crippen molar-refractivity contribution in [2.45, 2.75) is 38.5 Å². The quantitative estimate of drug-likeness (QED) is 0.870. The Morgan fingerprint density at radius 2 is 2.15 bits per heavy atom. The van der Waals surface area contributed by atoms with Crippen LogP contribution in [-0.4, -0.2) is 23.0 Å². The van der Waals surface area contributed by atoms with Crippen LogP contribution in [-0.2, 0) is 11.2 Å². The third kappa shape index (κ3) is 2.69. The molecule has 0 amide bonds. The molecule has 0 unspecified atom stereocenters. The first-order valence-electron chi connectivity index (χ1n) is 7.33. The van der Waals surface area contributed by atoms with Crippen molar-refractivity contribution in [2.75, 3.05) is 7.11 Å². The Bertz CT molecular complexity index is 612. The van der Waals surface area contributed by atoms with Gasteiger partial charge in [-0.3, -0.25) is 0 Å². The van der Waals surface area contributed by atoms with Gasteiger partial charge >= 0.3 is 5.97 Å². The Hall–Kier alpha value is -1.84. The highest BCUT2D eigenvalue weighted by atomic mass is 16.5. The summed E-state index contributed by atoms with van der Waals surface area (Å²) in [5, 5.41) is 0. The van der Waals surface area contributed by atoms with Crippen molar-refractivity contribution in [2.24, 2.45) is 5.92 Å². The Morgan fingerprint density at radius 1 is 1.35 bits per heavy atom. The molecule has 1 saturated carbocycles. The minimum Gasteiger partial charge on any atom is -0.465 e. The molecule has 4 heteroatoms. The van der Waals surface area contributed by atoms with Crippen LogP contribution in [0.3, 0.4) is 0 Å². The summed E-state index contributed by atoms with van der Waals surface area (Å²) in [5.41, 5.74) is 2.40. The maximum atomic E-state index is 11.5. The number of nitrogens with one attached hydrogen (secondary N) is 1. The lowest BCUT2D eigenvalue weighted by molar-refractivity contribution is 0.0601. The van der Waals surface area contributed by atoms with Crippen LogP contribution in [0.2, 0.25) is 0 Å². The number of aromatic nitrogens is 2. The highest BCUT2D eigenvalue weighted by Crippen LogP contribution is 2.26. The summed E-state index contributed by atoms with van der Waals surface area (Å²) >= 11 is 0. The van der Waals surface area contributed by atoms with Crippen LogP contribution in [0.1, 0.15) is 48.3 Å². The van der Waals surface area contributed by atoms with E-state index >= 15 is 0 Å². The molecule has 3 rings (SSSR count). The molecule has 1 aliphatic rings. The number of esters is 1. The van der Waals surface area contributed by atoms with E-state index in [9.17, 15) is 4.79 Å². The average Bonchev–Trinajstić information content (AvgIpc) is 2.88. The molecule has 1 N–H and O–H groups in total. The Morgan fingerprint density at radius 3 is 2.90 bits per heavy atom. The van der Waals surface area contributed by atoms with E-state index in [0.717, 1.165) is 29.2 Å². The van der Waals surface area contributed by atoms with Gasteiger partial charge in [-0.15, -0.1) is 0 Å². The molecule has 1 aliphatic carbocycles. The fraction of sp³-hybridized carbons (Fsp3) is 0.500. The van der Waals surface area contributed by atoms with Crippen molar-refractivity contribution in [3.8, 4) is 0 Å². The van der Waals surface area contributed by atoms with Crippen LogP contribution in [0.25, 0.3) is 11.0 Å². The van der Waals surface area contributed by atoms with Gasteiger partial charge in [0.15, 0.2) is 0 Å². The number of carbonyl (C=O) groups excluding carboxylic acids is 1. The number of H-pyrrole nitrogens is 1. The van der Waals surface area contributed by atoms with Gasteiger partial charge in [0, 0.05) is 6.42 Å². The summed E-state index contributed by atoms with van der Waals surface area (Å²) in [7, 11) is 1.40. The lowest BCUT2D eigenvalue weighted by Gasteiger charge is -2.20.